The molecule has 5 heteroatoms. The lowest BCUT2D eigenvalue weighted by molar-refractivity contribution is -0.142. The second-order valence-corrected chi connectivity index (χ2v) is 3.76. The molecule has 94 valence electrons. The molecule has 0 N–H and O–H groups in total. The Balaban J connectivity index is 2.45. The maximum absolute atomic E-state index is 13.8. The maximum atomic E-state index is 13.8. The topological polar surface area (TPSA) is 48.4 Å². The first-order chi connectivity index (χ1) is 8.63. The Morgan fingerprint density at radius 2 is 2.17 bits per heavy atom. The first kappa shape index (κ1) is 12.3. The Morgan fingerprint density at radius 1 is 1.39 bits per heavy atom. The first-order valence-corrected chi connectivity index (χ1v) is 5.37. The fraction of sp³-hybridized carbons (Fsp3) is 0.231. The average Bonchev–Trinajstić information content (AvgIpc) is 2.40. The molecular formula is C13H12FNO3. The lowest BCUT2D eigenvalue weighted by Crippen LogP contribution is -2.13. The van der Waals surface area contributed by atoms with Crippen molar-refractivity contribution in [2.75, 3.05) is 13.7 Å². The highest BCUT2D eigenvalue weighted by Crippen LogP contribution is 2.28. The molecule has 0 saturated carbocycles. The number of nitrogens with zero attached hydrogens (tertiary/aromatic N) is 1. The number of carbonyl (C=O) groups is 1. The Hall–Kier alpha value is -2.17. The van der Waals surface area contributed by atoms with E-state index in [9.17, 15) is 9.18 Å². The van der Waals surface area contributed by atoms with Crippen LogP contribution in [-0.4, -0.2) is 24.7 Å². The second kappa shape index (κ2) is 5.00. The Labute approximate surface area is 103 Å². The zero-order valence-corrected chi connectivity index (χ0v) is 10.1. The number of halogens is 1. The van der Waals surface area contributed by atoms with Crippen molar-refractivity contribution < 1.29 is 18.7 Å². The van der Waals surface area contributed by atoms with Crippen molar-refractivity contribution in [3.63, 3.8) is 0 Å². The summed E-state index contributed by atoms with van der Waals surface area (Å²) >= 11 is 0. The molecule has 0 aliphatic carbocycles. The maximum Gasteiger partial charge on any atom is 0.343 e. The lowest BCUT2D eigenvalue weighted by Gasteiger charge is -2.09. The normalized spacial score (nSPS) is 10.4. The van der Waals surface area contributed by atoms with Crippen molar-refractivity contribution in [3.8, 4) is 5.75 Å². The first-order valence-electron chi connectivity index (χ1n) is 5.37. The molecule has 0 amide bonds. The highest BCUT2D eigenvalue weighted by atomic mass is 19.1. The van der Waals surface area contributed by atoms with Crippen LogP contribution < -0.4 is 4.74 Å². The van der Waals surface area contributed by atoms with Crippen LogP contribution in [-0.2, 0) is 9.53 Å². The third kappa shape index (κ3) is 2.25. The van der Waals surface area contributed by atoms with Gasteiger partial charge >= 0.3 is 5.97 Å². The predicted octanol–water partition coefficient (Wildman–Crippen LogP) is 2.23. The molecule has 1 aromatic carbocycles. The molecule has 0 aliphatic heterocycles. The van der Waals surface area contributed by atoms with Gasteiger partial charge in [-0.2, -0.15) is 0 Å². The number of fused-ring (bicyclic) bond motifs is 1. The van der Waals surface area contributed by atoms with E-state index >= 15 is 0 Å². The SMILES string of the molecule is COC(=O)COc1ccnc2c(C)ccc(F)c12. The van der Waals surface area contributed by atoms with Gasteiger partial charge in [0.25, 0.3) is 0 Å². The van der Waals surface area contributed by atoms with Gasteiger partial charge in [0.05, 0.1) is 18.0 Å². The van der Waals surface area contributed by atoms with Crippen molar-refractivity contribution in [1.82, 2.24) is 4.98 Å². The molecule has 0 aliphatic rings. The summed E-state index contributed by atoms with van der Waals surface area (Å²) in [5, 5.41) is 0.279. The van der Waals surface area contributed by atoms with Crippen LogP contribution in [0.4, 0.5) is 4.39 Å². The smallest absolute Gasteiger partial charge is 0.343 e. The fourth-order valence-corrected chi connectivity index (χ4v) is 1.65. The number of methoxy groups -OCH3 is 1. The van der Waals surface area contributed by atoms with Gasteiger partial charge < -0.3 is 9.47 Å². The van der Waals surface area contributed by atoms with Gasteiger partial charge in [-0.1, -0.05) is 6.07 Å². The van der Waals surface area contributed by atoms with Crippen molar-refractivity contribution in [2.45, 2.75) is 6.92 Å². The number of ether oxygens (including phenoxy) is 2. The van der Waals surface area contributed by atoms with Crippen molar-refractivity contribution >= 4 is 16.9 Å². The van der Waals surface area contributed by atoms with E-state index < -0.39 is 11.8 Å². The summed E-state index contributed by atoms with van der Waals surface area (Å²) in [5.74, 6) is -0.664. The molecule has 18 heavy (non-hydrogen) atoms. The minimum absolute atomic E-state index is 0.261. The Morgan fingerprint density at radius 3 is 2.89 bits per heavy atom. The third-order valence-corrected chi connectivity index (χ3v) is 2.58. The number of hydrogen-bond donors (Lipinski definition) is 0. The fourth-order valence-electron chi connectivity index (χ4n) is 1.65. The predicted molar refractivity (Wildman–Crippen MR) is 63.9 cm³/mol. The molecule has 0 saturated heterocycles. The zero-order valence-electron chi connectivity index (χ0n) is 10.1. The van der Waals surface area contributed by atoms with Gasteiger partial charge in [0.1, 0.15) is 11.6 Å². The van der Waals surface area contributed by atoms with E-state index in [1.807, 2.05) is 6.92 Å². The Kier molecular flexibility index (Phi) is 3.41. The minimum atomic E-state index is -0.520. The quantitative estimate of drug-likeness (QED) is 0.783. The summed E-state index contributed by atoms with van der Waals surface area (Å²) in [6.07, 6.45) is 1.52. The molecule has 2 aromatic rings. The van der Waals surface area contributed by atoms with Crippen LogP contribution in [0.1, 0.15) is 5.56 Å². The van der Waals surface area contributed by atoms with Crippen LogP contribution in [0.2, 0.25) is 0 Å². The zero-order chi connectivity index (χ0) is 13.1. The number of rotatable bonds is 3. The summed E-state index contributed by atoms with van der Waals surface area (Å²) in [6.45, 7) is 1.57. The lowest BCUT2D eigenvalue weighted by atomic mass is 10.1. The van der Waals surface area contributed by atoms with Gasteiger partial charge in [-0.05, 0) is 24.6 Å². The molecule has 2 rings (SSSR count). The van der Waals surface area contributed by atoms with E-state index in [0.717, 1.165) is 5.56 Å². The molecular weight excluding hydrogens is 237 g/mol. The summed E-state index contributed by atoms with van der Waals surface area (Å²) in [4.78, 5) is 15.1. The number of hydrogen-bond acceptors (Lipinski definition) is 4. The number of aryl methyl sites for hydroxylation is 1. The second-order valence-electron chi connectivity index (χ2n) is 3.76. The van der Waals surface area contributed by atoms with Crippen LogP contribution in [0.3, 0.4) is 0 Å². The molecule has 0 radical (unpaired) electrons. The van der Waals surface area contributed by atoms with Gasteiger partial charge in [0.2, 0.25) is 0 Å². The molecule has 0 unspecified atom stereocenters. The molecule has 0 spiro atoms. The van der Waals surface area contributed by atoms with Crippen LogP contribution in [0.5, 0.6) is 5.75 Å². The number of aromatic nitrogens is 1. The monoisotopic (exact) mass is 249 g/mol. The third-order valence-electron chi connectivity index (χ3n) is 2.58. The number of carbonyl (C=O) groups excluding carboxylic acids is 1. The van der Waals surface area contributed by atoms with E-state index in [1.165, 1.54) is 25.4 Å². The van der Waals surface area contributed by atoms with Crippen LogP contribution in [0, 0.1) is 12.7 Å². The largest absolute Gasteiger partial charge is 0.481 e. The van der Waals surface area contributed by atoms with E-state index in [0.29, 0.717) is 5.52 Å². The standard InChI is InChI=1S/C13H12FNO3/c1-8-3-4-9(14)12-10(5-6-15-13(8)12)18-7-11(16)17-2/h3-6H,7H2,1-2H3. The molecule has 1 aromatic heterocycles. The number of benzene rings is 1. The van der Waals surface area contributed by atoms with E-state index in [-0.39, 0.29) is 17.7 Å². The number of esters is 1. The minimum Gasteiger partial charge on any atom is -0.481 e. The van der Waals surface area contributed by atoms with Crippen LogP contribution in [0.15, 0.2) is 24.4 Å². The average molecular weight is 249 g/mol. The van der Waals surface area contributed by atoms with Crippen molar-refractivity contribution in [3.05, 3.63) is 35.8 Å². The van der Waals surface area contributed by atoms with Gasteiger partial charge in [0, 0.05) is 6.20 Å². The van der Waals surface area contributed by atoms with Gasteiger partial charge in [-0.3, -0.25) is 4.98 Å². The molecule has 4 nitrogen and oxygen atoms in total. The van der Waals surface area contributed by atoms with Gasteiger partial charge in [-0.15, -0.1) is 0 Å². The number of pyridine rings is 1. The summed E-state index contributed by atoms with van der Waals surface area (Å²) in [6, 6.07) is 4.52. The van der Waals surface area contributed by atoms with Gasteiger partial charge in [-0.25, -0.2) is 9.18 Å². The summed E-state index contributed by atoms with van der Waals surface area (Å²) < 4.78 is 23.5. The van der Waals surface area contributed by atoms with Crippen LogP contribution in [0.25, 0.3) is 10.9 Å². The van der Waals surface area contributed by atoms with E-state index in [1.54, 1.807) is 6.07 Å². The summed E-state index contributed by atoms with van der Waals surface area (Å²) in [5.41, 5.74) is 1.37. The Bertz CT molecular complexity index is 598. The van der Waals surface area contributed by atoms with Crippen molar-refractivity contribution in [1.29, 1.82) is 0 Å². The van der Waals surface area contributed by atoms with Crippen LogP contribution >= 0.6 is 0 Å². The van der Waals surface area contributed by atoms with Gasteiger partial charge in [0.15, 0.2) is 6.61 Å². The van der Waals surface area contributed by atoms with Crippen molar-refractivity contribution in [2.24, 2.45) is 0 Å². The molecule has 1 heterocycles. The van der Waals surface area contributed by atoms with E-state index in [2.05, 4.69) is 9.72 Å². The summed E-state index contributed by atoms with van der Waals surface area (Å²) in [7, 11) is 1.26. The highest BCUT2D eigenvalue weighted by Gasteiger charge is 2.12. The van der Waals surface area contributed by atoms with E-state index in [4.69, 9.17) is 4.74 Å². The molecule has 0 fully saturated rings. The molecule has 0 bridgehead atoms. The molecule has 0 atom stereocenters. The highest BCUT2D eigenvalue weighted by molar-refractivity contribution is 5.88.